The maximum atomic E-state index is 13.3. The van der Waals surface area contributed by atoms with Crippen molar-refractivity contribution >= 4 is 34.0 Å². The molecule has 3 aromatic carbocycles. The van der Waals surface area contributed by atoms with E-state index >= 15 is 0 Å². The second-order valence-corrected chi connectivity index (χ2v) is 8.08. The Morgan fingerprint density at radius 1 is 0.862 bits per heavy atom. The molecule has 0 aliphatic heterocycles. The van der Waals surface area contributed by atoms with Gasteiger partial charge in [-0.15, -0.1) is 0 Å². The number of thiazole rings is 1. The normalized spacial score (nSPS) is 12.0. The summed E-state index contributed by atoms with van der Waals surface area (Å²) in [5.41, 5.74) is 4.40. The molecule has 0 fully saturated rings. The van der Waals surface area contributed by atoms with E-state index in [1.807, 2.05) is 91.0 Å². The Morgan fingerprint density at radius 2 is 1.55 bits per heavy atom. The standard InChI is InChI=1S/C24H15ClN2OS/c25-19-13-7-8-16(14-19)15-20-23(28)27-22(18-11-5-2-6-12-18)21(26-24(27)29-20)17-9-3-1-4-10-17/h1-15H/b20-15+. The minimum atomic E-state index is -0.0708. The number of fused-ring (bicyclic) bond motifs is 1. The summed E-state index contributed by atoms with van der Waals surface area (Å²) in [5.74, 6) is 0. The van der Waals surface area contributed by atoms with Crippen LogP contribution in [0.4, 0.5) is 0 Å². The van der Waals surface area contributed by atoms with E-state index in [1.165, 1.54) is 11.3 Å². The molecule has 5 heteroatoms. The summed E-state index contributed by atoms with van der Waals surface area (Å²) < 4.78 is 2.35. The van der Waals surface area contributed by atoms with E-state index < -0.39 is 0 Å². The van der Waals surface area contributed by atoms with Gasteiger partial charge in [-0.2, -0.15) is 0 Å². The first-order valence-electron chi connectivity index (χ1n) is 9.14. The number of hydrogen-bond donors (Lipinski definition) is 0. The van der Waals surface area contributed by atoms with Gasteiger partial charge in [0.15, 0.2) is 4.96 Å². The molecule has 5 aromatic rings. The van der Waals surface area contributed by atoms with E-state index in [4.69, 9.17) is 16.6 Å². The molecule has 3 nitrogen and oxygen atoms in total. The SMILES string of the molecule is O=c1/c(=C\c2cccc(Cl)c2)sc2nc(-c3ccccc3)c(-c3ccccc3)n12. The van der Waals surface area contributed by atoms with E-state index in [0.717, 1.165) is 28.1 Å². The predicted octanol–water partition coefficient (Wildman–Crippen LogP) is 5.29. The van der Waals surface area contributed by atoms with Crippen LogP contribution in [0.2, 0.25) is 5.02 Å². The zero-order valence-electron chi connectivity index (χ0n) is 15.2. The number of aromatic nitrogens is 2. The van der Waals surface area contributed by atoms with Gasteiger partial charge in [-0.25, -0.2) is 9.38 Å². The average Bonchev–Trinajstić information content (AvgIpc) is 3.26. The highest BCUT2D eigenvalue weighted by molar-refractivity contribution is 7.15. The molecule has 0 aliphatic rings. The molecule has 0 spiro atoms. The van der Waals surface area contributed by atoms with Crippen molar-refractivity contribution in [2.24, 2.45) is 0 Å². The predicted molar refractivity (Wildman–Crippen MR) is 120 cm³/mol. The van der Waals surface area contributed by atoms with Crippen LogP contribution in [0.3, 0.4) is 0 Å². The van der Waals surface area contributed by atoms with Gasteiger partial charge >= 0.3 is 0 Å². The van der Waals surface area contributed by atoms with Crippen molar-refractivity contribution in [2.45, 2.75) is 0 Å². The average molecular weight is 415 g/mol. The van der Waals surface area contributed by atoms with Crippen LogP contribution in [0.15, 0.2) is 89.7 Å². The molecule has 29 heavy (non-hydrogen) atoms. The Balaban J connectivity index is 1.81. The number of imidazole rings is 1. The van der Waals surface area contributed by atoms with Gasteiger partial charge in [0.05, 0.1) is 15.9 Å². The number of hydrogen-bond acceptors (Lipinski definition) is 3. The van der Waals surface area contributed by atoms with Crippen molar-refractivity contribution < 1.29 is 0 Å². The number of rotatable bonds is 3. The molecule has 2 heterocycles. The number of nitrogens with zero attached hydrogens (tertiary/aromatic N) is 2. The van der Waals surface area contributed by atoms with Crippen molar-refractivity contribution in [3.05, 3.63) is 110 Å². The van der Waals surface area contributed by atoms with Crippen molar-refractivity contribution in [3.8, 4) is 22.5 Å². The minimum Gasteiger partial charge on any atom is -0.267 e. The zero-order chi connectivity index (χ0) is 19.8. The van der Waals surface area contributed by atoms with Gasteiger partial charge in [0.1, 0.15) is 0 Å². The van der Waals surface area contributed by atoms with Crippen LogP contribution in [-0.2, 0) is 0 Å². The Hall–Kier alpha value is -3.21. The molecule has 0 saturated heterocycles. The zero-order valence-corrected chi connectivity index (χ0v) is 16.8. The van der Waals surface area contributed by atoms with Crippen molar-refractivity contribution in [1.29, 1.82) is 0 Å². The number of benzene rings is 3. The Bertz CT molecular complexity index is 1420. The topological polar surface area (TPSA) is 34.4 Å². The molecule has 0 saturated carbocycles. The lowest BCUT2D eigenvalue weighted by atomic mass is 10.1. The van der Waals surface area contributed by atoms with Crippen LogP contribution < -0.4 is 10.1 Å². The molecular weight excluding hydrogens is 400 g/mol. The molecule has 5 rings (SSSR count). The van der Waals surface area contributed by atoms with Gasteiger partial charge in [-0.05, 0) is 23.8 Å². The minimum absolute atomic E-state index is 0.0708. The van der Waals surface area contributed by atoms with E-state index in [0.29, 0.717) is 14.5 Å². The molecular formula is C24H15ClN2OS. The van der Waals surface area contributed by atoms with Crippen LogP contribution in [0, 0.1) is 0 Å². The van der Waals surface area contributed by atoms with Crippen molar-refractivity contribution in [2.75, 3.05) is 0 Å². The third kappa shape index (κ3) is 3.27. The highest BCUT2D eigenvalue weighted by Crippen LogP contribution is 2.32. The fraction of sp³-hybridized carbons (Fsp3) is 0. The molecule has 0 amide bonds. The molecule has 0 aliphatic carbocycles. The van der Waals surface area contributed by atoms with Crippen LogP contribution in [0.1, 0.15) is 5.56 Å². The largest absolute Gasteiger partial charge is 0.274 e. The first-order chi connectivity index (χ1) is 14.2. The molecule has 0 unspecified atom stereocenters. The first-order valence-corrected chi connectivity index (χ1v) is 10.3. The molecule has 2 aromatic heterocycles. The van der Waals surface area contributed by atoms with Crippen molar-refractivity contribution in [1.82, 2.24) is 9.38 Å². The Kier molecular flexibility index (Phi) is 4.51. The fourth-order valence-electron chi connectivity index (χ4n) is 3.41. The van der Waals surface area contributed by atoms with Crippen LogP contribution >= 0.6 is 22.9 Å². The Morgan fingerprint density at radius 3 is 2.24 bits per heavy atom. The summed E-state index contributed by atoms with van der Waals surface area (Å²) in [6.07, 6.45) is 1.87. The fourth-order valence-corrected chi connectivity index (χ4v) is 4.58. The van der Waals surface area contributed by atoms with E-state index in [1.54, 1.807) is 4.40 Å². The monoisotopic (exact) mass is 414 g/mol. The number of halogens is 1. The first kappa shape index (κ1) is 17.9. The summed E-state index contributed by atoms with van der Waals surface area (Å²) in [4.78, 5) is 18.8. The molecule has 0 radical (unpaired) electrons. The summed E-state index contributed by atoms with van der Waals surface area (Å²) >= 11 is 7.48. The van der Waals surface area contributed by atoms with Gasteiger partial charge < -0.3 is 0 Å². The van der Waals surface area contributed by atoms with Gasteiger partial charge in [0.2, 0.25) is 0 Å². The quantitative estimate of drug-likeness (QED) is 0.402. The van der Waals surface area contributed by atoms with Crippen LogP contribution in [-0.4, -0.2) is 9.38 Å². The van der Waals surface area contributed by atoms with Gasteiger partial charge in [-0.3, -0.25) is 4.79 Å². The molecule has 0 N–H and O–H groups in total. The van der Waals surface area contributed by atoms with E-state index in [-0.39, 0.29) is 5.56 Å². The maximum absolute atomic E-state index is 13.3. The van der Waals surface area contributed by atoms with Crippen LogP contribution in [0.25, 0.3) is 33.6 Å². The summed E-state index contributed by atoms with van der Waals surface area (Å²) in [5, 5.41) is 0.642. The highest BCUT2D eigenvalue weighted by Gasteiger charge is 2.19. The summed E-state index contributed by atoms with van der Waals surface area (Å²) in [6.45, 7) is 0. The molecule has 0 bridgehead atoms. The second-order valence-electron chi connectivity index (χ2n) is 6.63. The molecule has 140 valence electrons. The summed E-state index contributed by atoms with van der Waals surface area (Å²) in [6, 6.07) is 27.4. The third-order valence-corrected chi connectivity index (χ3v) is 5.91. The molecule has 0 atom stereocenters. The van der Waals surface area contributed by atoms with E-state index in [9.17, 15) is 4.79 Å². The third-order valence-electron chi connectivity index (χ3n) is 4.70. The Labute approximate surface area is 176 Å². The highest BCUT2D eigenvalue weighted by atomic mass is 35.5. The summed E-state index contributed by atoms with van der Waals surface area (Å²) in [7, 11) is 0. The second kappa shape index (κ2) is 7.32. The van der Waals surface area contributed by atoms with Crippen molar-refractivity contribution in [3.63, 3.8) is 0 Å². The maximum Gasteiger partial charge on any atom is 0.274 e. The van der Waals surface area contributed by atoms with Gasteiger partial charge in [0.25, 0.3) is 5.56 Å². The van der Waals surface area contributed by atoms with E-state index in [2.05, 4.69) is 0 Å². The smallest absolute Gasteiger partial charge is 0.267 e. The lowest BCUT2D eigenvalue weighted by Crippen LogP contribution is -2.23. The van der Waals surface area contributed by atoms with Crippen LogP contribution in [0.5, 0.6) is 0 Å². The lowest BCUT2D eigenvalue weighted by molar-refractivity contribution is 1.15. The van der Waals surface area contributed by atoms with Gasteiger partial charge in [0, 0.05) is 16.1 Å². The lowest BCUT2D eigenvalue weighted by Gasteiger charge is -2.04. The van der Waals surface area contributed by atoms with Gasteiger partial charge in [-0.1, -0.05) is 95.7 Å².